The molecule has 0 unspecified atom stereocenters. The molecular weight excluding hydrogens is 394 g/mol. The Bertz CT molecular complexity index is 925. The fourth-order valence-corrected chi connectivity index (χ4v) is 2.80. The number of anilines is 1. The summed E-state index contributed by atoms with van der Waals surface area (Å²) in [6.45, 7) is 3.76. The van der Waals surface area contributed by atoms with Gasteiger partial charge >= 0.3 is 0 Å². The minimum Gasteiger partial charge on any atom is -0.322 e. The van der Waals surface area contributed by atoms with Crippen LogP contribution in [0.1, 0.15) is 21.7 Å². The van der Waals surface area contributed by atoms with E-state index >= 15 is 0 Å². The Morgan fingerprint density at radius 1 is 1.21 bits per heavy atom. The third-order valence-electron chi connectivity index (χ3n) is 3.49. The molecule has 2 aromatic carbocycles. The van der Waals surface area contributed by atoms with E-state index in [9.17, 15) is 4.79 Å². The lowest BCUT2D eigenvalue weighted by Gasteiger charge is -2.11. The lowest BCUT2D eigenvalue weighted by atomic mass is 10.1. The molecule has 0 saturated carbocycles. The van der Waals surface area contributed by atoms with Gasteiger partial charge in [-0.25, -0.2) is 0 Å². The molecule has 0 bridgehead atoms. The molecule has 0 spiro atoms. The van der Waals surface area contributed by atoms with Crippen LogP contribution in [0.4, 0.5) is 5.69 Å². The smallest absolute Gasteiger partial charge is 0.257 e. The van der Waals surface area contributed by atoms with Crippen molar-refractivity contribution in [3.05, 3.63) is 62.8 Å². The monoisotopic (exact) mass is 405 g/mol. The Labute approximate surface area is 152 Å². The first-order valence-electron chi connectivity index (χ1n) is 7.08. The standard InChI is InChI=1S/C16H13BrClN5O/c1-9-3-5-12(8-15(9)23-10(2)20-21-22-23)19-16(24)13-7-11(17)4-6-14(13)18/h3-8H,1-2H3,(H,19,24). The predicted molar refractivity (Wildman–Crippen MR) is 95.7 cm³/mol. The third kappa shape index (κ3) is 3.32. The largest absolute Gasteiger partial charge is 0.322 e. The van der Waals surface area contributed by atoms with Crippen LogP contribution in [0.3, 0.4) is 0 Å². The summed E-state index contributed by atoms with van der Waals surface area (Å²) in [4.78, 5) is 12.5. The Hall–Kier alpha value is -2.25. The molecule has 3 rings (SSSR count). The van der Waals surface area contributed by atoms with Crippen LogP contribution in [0.2, 0.25) is 5.02 Å². The summed E-state index contributed by atoms with van der Waals surface area (Å²) in [5, 5.41) is 14.7. The third-order valence-corrected chi connectivity index (χ3v) is 4.32. The summed E-state index contributed by atoms with van der Waals surface area (Å²) in [7, 11) is 0. The first-order chi connectivity index (χ1) is 11.5. The topological polar surface area (TPSA) is 72.7 Å². The summed E-state index contributed by atoms with van der Waals surface area (Å²) in [5.74, 6) is 0.376. The molecule has 6 nitrogen and oxygen atoms in total. The Kier molecular flexibility index (Phi) is 4.64. The number of halogens is 2. The van der Waals surface area contributed by atoms with Crippen LogP contribution >= 0.6 is 27.5 Å². The van der Waals surface area contributed by atoms with Crippen molar-refractivity contribution < 1.29 is 4.79 Å². The summed E-state index contributed by atoms with van der Waals surface area (Å²) in [6, 6.07) is 10.7. The minimum absolute atomic E-state index is 0.287. The van der Waals surface area contributed by atoms with Gasteiger partial charge in [-0.05, 0) is 60.2 Å². The maximum atomic E-state index is 12.5. The van der Waals surface area contributed by atoms with Crippen LogP contribution in [0, 0.1) is 13.8 Å². The van der Waals surface area contributed by atoms with Gasteiger partial charge in [0.25, 0.3) is 5.91 Å². The molecule has 0 aliphatic heterocycles. The summed E-state index contributed by atoms with van der Waals surface area (Å²) in [6.07, 6.45) is 0. The van der Waals surface area contributed by atoms with Gasteiger partial charge in [0.2, 0.25) is 0 Å². The first kappa shape index (κ1) is 16.6. The summed E-state index contributed by atoms with van der Waals surface area (Å²) >= 11 is 9.44. The van der Waals surface area contributed by atoms with Gasteiger partial charge < -0.3 is 5.32 Å². The van der Waals surface area contributed by atoms with Gasteiger partial charge in [-0.15, -0.1) is 5.10 Å². The number of carbonyl (C=O) groups is 1. The van der Waals surface area contributed by atoms with Crippen LogP contribution in [0.5, 0.6) is 0 Å². The zero-order valence-electron chi connectivity index (χ0n) is 12.9. The number of amides is 1. The Morgan fingerprint density at radius 3 is 2.71 bits per heavy atom. The zero-order valence-corrected chi connectivity index (χ0v) is 15.3. The van der Waals surface area contributed by atoms with E-state index in [2.05, 4.69) is 36.8 Å². The van der Waals surface area contributed by atoms with Crippen molar-refractivity contribution in [2.24, 2.45) is 0 Å². The number of carbonyl (C=O) groups excluding carboxylic acids is 1. The predicted octanol–water partition coefficient (Wildman–Crippen LogP) is 3.95. The molecule has 122 valence electrons. The van der Waals surface area contributed by atoms with E-state index in [-0.39, 0.29) is 5.91 Å². The van der Waals surface area contributed by atoms with E-state index in [0.29, 0.717) is 22.1 Å². The summed E-state index contributed by atoms with van der Waals surface area (Å²) < 4.78 is 2.41. The number of tetrazole rings is 1. The van der Waals surface area contributed by atoms with Crippen LogP contribution in [-0.2, 0) is 0 Å². The fourth-order valence-electron chi connectivity index (χ4n) is 2.24. The molecule has 3 aromatic rings. The highest BCUT2D eigenvalue weighted by Gasteiger charge is 2.13. The lowest BCUT2D eigenvalue weighted by molar-refractivity contribution is 0.102. The van der Waals surface area contributed by atoms with Crippen molar-refractivity contribution in [3.63, 3.8) is 0 Å². The normalized spacial score (nSPS) is 10.7. The van der Waals surface area contributed by atoms with E-state index < -0.39 is 0 Å². The molecular formula is C16H13BrClN5O. The van der Waals surface area contributed by atoms with Gasteiger partial charge in [0.15, 0.2) is 5.82 Å². The average Bonchev–Trinajstić information content (AvgIpc) is 2.97. The fraction of sp³-hybridized carbons (Fsp3) is 0.125. The van der Waals surface area contributed by atoms with Crippen molar-refractivity contribution in [2.75, 3.05) is 5.32 Å². The maximum Gasteiger partial charge on any atom is 0.257 e. The maximum absolute atomic E-state index is 12.5. The molecule has 0 saturated heterocycles. The van der Waals surface area contributed by atoms with E-state index in [4.69, 9.17) is 11.6 Å². The second kappa shape index (κ2) is 6.70. The van der Waals surface area contributed by atoms with Crippen molar-refractivity contribution in [1.82, 2.24) is 20.2 Å². The molecule has 1 N–H and O–H groups in total. The minimum atomic E-state index is -0.287. The van der Waals surface area contributed by atoms with Crippen molar-refractivity contribution in [1.29, 1.82) is 0 Å². The molecule has 0 aliphatic carbocycles. The van der Waals surface area contributed by atoms with Gasteiger partial charge in [0.05, 0.1) is 16.3 Å². The zero-order chi connectivity index (χ0) is 17.3. The molecule has 1 aromatic heterocycles. The van der Waals surface area contributed by atoms with Gasteiger partial charge in [-0.2, -0.15) is 4.68 Å². The highest BCUT2D eigenvalue weighted by Crippen LogP contribution is 2.24. The van der Waals surface area contributed by atoms with Gasteiger partial charge in [0.1, 0.15) is 0 Å². The first-order valence-corrected chi connectivity index (χ1v) is 8.25. The highest BCUT2D eigenvalue weighted by atomic mass is 79.9. The van der Waals surface area contributed by atoms with Crippen LogP contribution in [0.15, 0.2) is 40.9 Å². The number of nitrogens with zero attached hydrogens (tertiary/aromatic N) is 4. The number of hydrogen-bond donors (Lipinski definition) is 1. The summed E-state index contributed by atoms with van der Waals surface area (Å²) in [5.41, 5.74) is 2.82. The molecule has 1 heterocycles. The quantitative estimate of drug-likeness (QED) is 0.715. The van der Waals surface area contributed by atoms with E-state index in [1.807, 2.05) is 32.0 Å². The molecule has 0 aliphatic rings. The highest BCUT2D eigenvalue weighted by molar-refractivity contribution is 9.10. The SMILES string of the molecule is Cc1ccc(NC(=O)c2cc(Br)ccc2Cl)cc1-n1nnnc1C. The molecule has 0 atom stereocenters. The number of nitrogens with one attached hydrogen (secondary N) is 1. The molecule has 0 radical (unpaired) electrons. The lowest BCUT2D eigenvalue weighted by Crippen LogP contribution is -2.13. The Balaban J connectivity index is 1.92. The Morgan fingerprint density at radius 2 is 2.00 bits per heavy atom. The molecule has 8 heteroatoms. The number of aromatic nitrogens is 4. The van der Waals surface area contributed by atoms with E-state index in [0.717, 1.165) is 15.7 Å². The number of benzene rings is 2. The second-order valence-electron chi connectivity index (χ2n) is 5.22. The van der Waals surface area contributed by atoms with Crippen molar-refractivity contribution in [3.8, 4) is 5.69 Å². The van der Waals surface area contributed by atoms with Gasteiger partial charge in [0, 0.05) is 10.2 Å². The van der Waals surface area contributed by atoms with Crippen molar-refractivity contribution in [2.45, 2.75) is 13.8 Å². The van der Waals surface area contributed by atoms with Gasteiger partial charge in [-0.3, -0.25) is 4.79 Å². The number of aryl methyl sites for hydroxylation is 2. The van der Waals surface area contributed by atoms with E-state index in [1.54, 1.807) is 22.9 Å². The molecule has 0 fully saturated rings. The number of rotatable bonds is 3. The second-order valence-corrected chi connectivity index (χ2v) is 6.54. The van der Waals surface area contributed by atoms with Crippen LogP contribution in [-0.4, -0.2) is 26.1 Å². The van der Waals surface area contributed by atoms with E-state index in [1.165, 1.54) is 0 Å². The average molecular weight is 407 g/mol. The van der Waals surface area contributed by atoms with Crippen LogP contribution in [0.25, 0.3) is 5.69 Å². The molecule has 24 heavy (non-hydrogen) atoms. The molecule has 1 amide bonds. The van der Waals surface area contributed by atoms with Gasteiger partial charge in [-0.1, -0.05) is 33.6 Å². The van der Waals surface area contributed by atoms with Crippen LogP contribution < -0.4 is 5.32 Å². The van der Waals surface area contributed by atoms with Crippen molar-refractivity contribution >= 4 is 39.1 Å². The number of hydrogen-bond acceptors (Lipinski definition) is 4.